The van der Waals surface area contributed by atoms with Crippen LogP contribution in [0.25, 0.3) is 0 Å². The molecule has 0 bridgehead atoms. The fourth-order valence-electron chi connectivity index (χ4n) is 2.39. The normalized spacial score (nSPS) is 26.1. The van der Waals surface area contributed by atoms with Crippen molar-refractivity contribution in [2.75, 3.05) is 13.1 Å². The highest BCUT2D eigenvalue weighted by Gasteiger charge is 2.64. The highest BCUT2D eigenvalue weighted by Crippen LogP contribution is 2.62. The van der Waals surface area contributed by atoms with Gasteiger partial charge in [0.25, 0.3) is 0 Å². The van der Waals surface area contributed by atoms with Crippen LogP contribution < -0.4 is 11.1 Å². The van der Waals surface area contributed by atoms with Crippen LogP contribution in [0.15, 0.2) is 0 Å². The number of hydrogen-bond donors (Lipinski definition) is 2. The van der Waals surface area contributed by atoms with Crippen LogP contribution in [-0.2, 0) is 0 Å². The lowest BCUT2D eigenvalue weighted by atomic mass is 10.0. The van der Waals surface area contributed by atoms with Crippen molar-refractivity contribution in [2.24, 2.45) is 22.5 Å². The third-order valence-corrected chi connectivity index (χ3v) is 4.54. The zero-order valence-electron chi connectivity index (χ0n) is 10.4. The van der Waals surface area contributed by atoms with Gasteiger partial charge in [-0.05, 0) is 29.8 Å². The van der Waals surface area contributed by atoms with Crippen LogP contribution in [0.5, 0.6) is 0 Å². The zero-order chi connectivity index (χ0) is 11.0. The van der Waals surface area contributed by atoms with Gasteiger partial charge >= 0.3 is 0 Å². The van der Waals surface area contributed by atoms with Gasteiger partial charge in [-0.15, -0.1) is 0 Å². The van der Waals surface area contributed by atoms with Crippen LogP contribution in [0.1, 0.15) is 41.0 Å². The number of nitrogens with two attached hydrogens (primary N) is 1. The summed E-state index contributed by atoms with van der Waals surface area (Å²) in [5.41, 5.74) is 6.57. The van der Waals surface area contributed by atoms with Gasteiger partial charge in [0.15, 0.2) is 0 Å². The van der Waals surface area contributed by atoms with Crippen molar-refractivity contribution in [2.45, 2.75) is 47.1 Å². The van der Waals surface area contributed by atoms with Crippen LogP contribution in [0, 0.1) is 16.7 Å². The molecule has 0 aliphatic heterocycles. The van der Waals surface area contributed by atoms with Gasteiger partial charge in [0.05, 0.1) is 0 Å². The molecule has 3 N–H and O–H groups in total. The summed E-state index contributed by atoms with van der Waals surface area (Å²) in [7, 11) is 0. The highest BCUT2D eigenvalue weighted by molar-refractivity contribution is 5.17. The van der Waals surface area contributed by atoms with Gasteiger partial charge in [-0.3, -0.25) is 0 Å². The van der Waals surface area contributed by atoms with Crippen molar-refractivity contribution in [3.63, 3.8) is 0 Å². The summed E-state index contributed by atoms with van der Waals surface area (Å²) in [6.45, 7) is 13.5. The van der Waals surface area contributed by atoms with Gasteiger partial charge in [0.2, 0.25) is 0 Å². The average Bonchev–Trinajstić information content (AvgIpc) is 2.48. The third kappa shape index (κ3) is 1.82. The summed E-state index contributed by atoms with van der Waals surface area (Å²) in [6.07, 6.45) is 1.18. The van der Waals surface area contributed by atoms with E-state index in [2.05, 4.69) is 39.9 Å². The molecule has 2 heteroatoms. The van der Waals surface area contributed by atoms with Crippen LogP contribution in [-0.4, -0.2) is 19.1 Å². The lowest BCUT2D eigenvalue weighted by Gasteiger charge is -2.14. The third-order valence-electron chi connectivity index (χ3n) is 4.54. The molecule has 0 saturated heterocycles. The summed E-state index contributed by atoms with van der Waals surface area (Å²) in [4.78, 5) is 0. The van der Waals surface area contributed by atoms with E-state index in [0.717, 1.165) is 13.1 Å². The largest absolute Gasteiger partial charge is 0.330 e. The number of nitrogens with one attached hydrogen (secondary N) is 1. The Labute approximate surface area is 88.6 Å². The van der Waals surface area contributed by atoms with Crippen molar-refractivity contribution in [1.29, 1.82) is 0 Å². The predicted octanol–water partition coefficient (Wildman–Crippen LogP) is 2.00. The molecule has 1 aliphatic rings. The topological polar surface area (TPSA) is 38.0 Å². The molecule has 0 spiro atoms. The first-order valence-corrected chi connectivity index (χ1v) is 5.81. The number of hydrogen-bond acceptors (Lipinski definition) is 2. The maximum atomic E-state index is 5.69. The van der Waals surface area contributed by atoms with E-state index in [4.69, 9.17) is 5.73 Å². The van der Waals surface area contributed by atoms with Gasteiger partial charge in [-0.1, -0.05) is 41.0 Å². The van der Waals surface area contributed by atoms with Crippen LogP contribution >= 0.6 is 0 Å². The highest BCUT2D eigenvalue weighted by atomic mass is 15.0. The van der Waals surface area contributed by atoms with E-state index in [0.29, 0.717) is 22.8 Å². The summed E-state index contributed by atoms with van der Waals surface area (Å²) in [6, 6.07) is 0.663. The summed E-state index contributed by atoms with van der Waals surface area (Å²) in [5, 5.41) is 3.66. The Hall–Kier alpha value is -0.0800. The van der Waals surface area contributed by atoms with Gasteiger partial charge in [0, 0.05) is 6.04 Å². The first kappa shape index (κ1) is 12.0. The standard InChI is InChI=1S/C12H26N2/c1-6-9(7-13)8-14-10-11(2,3)12(10,4)5/h9-10,14H,6-8,13H2,1-5H3. The van der Waals surface area contributed by atoms with Gasteiger partial charge in [-0.25, -0.2) is 0 Å². The average molecular weight is 198 g/mol. The van der Waals surface area contributed by atoms with Crippen molar-refractivity contribution < 1.29 is 0 Å². The molecule has 14 heavy (non-hydrogen) atoms. The van der Waals surface area contributed by atoms with E-state index in [-0.39, 0.29) is 0 Å². The monoisotopic (exact) mass is 198 g/mol. The van der Waals surface area contributed by atoms with Crippen molar-refractivity contribution in [1.82, 2.24) is 5.32 Å². The molecule has 0 aromatic carbocycles. The van der Waals surface area contributed by atoms with Crippen LogP contribution in [0.4, 0.5) is 0 Å². The molecule has 1 fully saturated rings. The first-order valence-electron chi connectivity index (χ1n) is 5.81. The van der Waals surface area contributed by atoms with E-state index in [1.165, 1.54) is 6.42 Å². The Balaban J connectivity index is 2.35. The minimum atomic E-state index is 0.444. The maximum Gasteiger partial charge on any atom is 0.0181 e. The van der Waals surface area contributed by atoms with E-state index >= 15 is 0 Å². The zero-order valence-corrected chi connectivity index (χ0v) is 10.4. The first-order chi connectivity index (χ1) is 6.37. The molecule has 1 aliphatic carbocycles. The van der Waals surface area contributed by atoms with Crippen molar-refractivity contribution in [3.05, 3.63) is 0 Å². The fraction of sp³-hybridized carbons (Fsp3) is 1.00. The molecule has 1 rings (SSSR count). The molecule has 84 valence electrons. The van der Waals surface area contributed by atoms with Crippen molar-refractivity contribution >= 4 is 0 Å². The second-order valence-corrected chi connectivity index (χ2v) is 5.79. The van der Waals surface area contributed by atoms with Gasteiger partial charge in [-0.2, -0.15) is 0 Å². The van der Waals surface area contributed by atoms with E-state index in [1.54, 1.807) is 0 Å². The van der Waals surface area contributed by atoms with Gasteiger partial charge < -0.3 is 11.1 Å². The van der Waals surface area contributed by atoms with Crippen molar-refractivity contribution in [3.8, 4) is 0 Å². The predicted molar refractivity (Wildman–Crippen MR) is 62.2 cm³/mol. The molecule has 2 nitrogen and oxygen atoms in total. The fourth-order valence-corrected chi connectivity index (χ4v) is 2.39. The quantitative estimate of drug-likeness (QED) is 0.709. The van der Waals surface area contributed by atoms with Crippen LogP contribution in [0.2, 0.25) is 0 Å². The Morgan fingerprint density at radius 3 is 2.00 bits per heavy atom. The molecule has 1 atom stereocenters. The Bertz CT molecular complexity index is 178. The molecule has 0 aromatic heterocycles. The Morgan fingerprint density at radius 1 is 1.21 bits per heavy atom. The molecule has 0 amide bonds. The molecule has 0 radical (unpaired) electrons. The Kier molecular flexibility index (Phi) is 3.27. The molecular weight excluding hydrogens is 172 g/mol. The molecule has 0 heterocycles. The lowest BCUT2D eigenvalue weighted by Crippen LogP contribution is -2.31. The second kappa shape index (κ2) is 3.82. The van der Waals surface area contributed by atoms with Crippen LogP contribution in [0.3, 0.4) is 0 Å². The smallest absolute Gasteiger partial charge is 0.0181 e. The summed E-state index contributed by atoms with van der Waals surface area (Å²) in [5.74, 6) is 0.641. The maximum absolute atomic E-state index is 5.69. The van der Waals surface area contributed by atoms with E-state index < -0.39 is 0 Å². The SMILES string of the molecule is CCC(CN)CNC1C(C)(C)C1(C)C. The molecule has 1 unspecified atom stereocenters. The summed E-state index contributed by atoms with van der Waals surface area (Å²) < 4.78 is 0. The minimum Gasteiger partial charge on any atom is -0.330 e. The molecular formula is C12H26N2. The summed E-state index contributed by atoms with van der Waals surface area (Å²) >= 11 is 0. The Morgan fingerprint density at radius 2 is 1.71 bits per heavy atom. The molecule has 1 saturated carbocycles. The number of rotatable bonds is 5. The second-order valence-electron chi connectivity index (χ2n) is 5.79. The van der Waals surface area contributed by atoms with E-state index in [1.807, 2.05) is 0 Å². The minimum absolute atomic E-state index is 0.444. The molecule has 0 aromatic rings. The lowest BCUT2D eigenvalue weighted by molar-refractivity contribution is 0.444. The van der Waals surface area contributed by atoms with E-state index in [9.17, 15) is 0 Å². The van der Waals surface area contributed by atoms with Gasteiger partial charge in [0.1, 0.15) is 0 Å².